The Balaban J connectivity index is 2.29. The van der Waals surface area contributed by atoms with Gasteiger partial charge in [0.15, 0.2) is 0 Å². The summed E-state index contributed by atoms with van der Waals surface area (Å²) in [5.74, 6) is -0.0369. The molecule has 116 valence electrons. The van der Waals surface area contributed by atoms with Crippen LogP contribution in [0, 0.1) is 0 Å². The van der Waals surface area contributed by atoms with Crippen molar-refractivity contribution in [3.8, 4) is 0 Å². The first-order chi connectivity index (χ1) is 10.0. The van der Waals surface area contributed by atoms with Gasteiger partial charge in [-0.3, -0.25) is 4.79 Å². The van der Waals surface area contributed by atoms with Crippen LogP contribution in [-0.4, -0.2) is 42.9 Å². The van der Waals surface area contributed by atoms with E-state index in [4.69, 9.17) is 4.74 Å². The lowest BCUT2D eigenvalue weighted by Crippen LogP contribution is -2.55. The van der Waals surface area contributed by atoms with Gasteiger partial charge in [0, 0.05) is 23.8 Å². The molecule has 1 aromatic carbocycles. The Hall–Kier alpha value is -1.59. The molecule has 1 aliphatic rings. The van der Waals surface area contributed by atoms with Crippen molar-refractivity contribution >= 4 is 11.6 Å². The van der Waals surface area contributed by atoms with Crippen molar-refractivity contribution in [3.63, 3.8) is 0 Å². The Morgan fingerprint density at radius 3 is 2.76 bits per heavy atom. The molecule has 0 aliphatic carbocycles. The first kappa shape index (κ1) is 15.8. The van der Waals surface area contributed by atoms with Crippen LogP contribution in [0.15, 0.2) is 24.3 Å². The van der Waals surface area contributed by atoms with Crippen LogP contribution in [0.4, 0.5) is 5.69 Å². The molecule has 1 aliphatic heterocycles. The summed E-state index contributed by atoms with van der Waals surface area (Å²) < 4.78 is 5.47. The number of carbonyl (C=O) groups excluding carboxylic acids is 1. The van der Waals surface area contributed by atoms with E-state index in [2.05, 4.69) is 5.32 Å². The number of carbonyl (C=O) groups is 1. The Bertz CT molecular complexity index is 488. The molecule has 0 aromatic heterocycles. The number of amides is 1. The summed E-state index contributed by atoms with van der Waals surface area (Å²) >= 11 is 0. The van der Waals surface area contributed by atoms with Crippen LogP contribution in [-0.2, 0) is 9.53 Å². The highest BCUT2D eigenvalue weighted by Crippen LogP contribution is 2.28. The maximum absolute atomic E-state index is 12.4. The molecule has 0 bridgehead atoms. The zero-order valence-corrected chi connectivity index (χ0v) is 12.9. The van der Waals surface area contributed by atoms with Crippen LogP contribution in [0.25, 0.3) is 0 Å². The highest BCUT2D eigenvalue weighted by Gasteiger charge is 2.31. The van der Waals surface area contributed by atoms with E-state index < -0.39 is 6.10 Å². The number of para-hydroxylation sites is 1. The number of hydrogen-bond acceptors (Lipinski definition) is 4. The van der Waals surface area contributed by atoms with Crippen LogP contribution in [0.5, 0.6) is 0 Å². The molecule has 1 unspecified atom stereocenters. The van der Waals surface area contributed by atoms with Gasteiger partial charge in [0.2, 0.25) is 5.91 Å². The van der Waals surface area contributed by atoms with Crippen LogP contribution < -0.4 is 10.2 Å². The largest absolute Gasteiger partial charge is 0.389 e. The Labute approximate surface area is 125 Å². The predicted octanol–water partition coefficient (Wildman–Crippen LogP) is 1.47. The molecule has 1 saturated heterocycles. The molecule has 5 heteroatoms. The van der Waals surface area contributed by atoms with Crippen LogP contribution in [0.3, 0.4) is 0 Å². The lowest BCUT2D eigenvalue weighted by atomic mass is 10.0. The minimum absolute atomic E-state index is 0.0369. The van der Waals surface area contributed by atoms with Crippen molar-refractivity contribution in [2.45, 2.75) is 39.0 Å². The van der Waals surface area contributed by atoms with Gasteiger partial charge < -0.3 is 20.1 Å². The lowest BCUT2D eigenvalue weighted by molar-refractivity contribution is -0.125. The SMILES string of the molecule is CC(C)NC(=O)C1COCCN1c1ccccc1[C@@H](C)O. The summed E-state index contributed by atoms with van der Waals surface area (Å²) in [6.07, 6.45) is -0.571. The van der Waals surface area contributed by atoms with Crippen molar-refractivity contribution in [2.24, 2.45) is 0 Å². The summed E-state index contributed by atoms with van der Waals surface area (Å²) in [6.45, 7) is 7.21. The molecule has 5 nitrogen and oxygen atoms in total. The number of aliphatic hydroxyl groups is 1. The number of benzene rings is 1. The second-order valence-corrected chi connectivity index (χ2v) is 5.68. The number of nitrogens with one attached hydrogen (secondary N) is 1. The number of morpholine rings is 1. The van der Waals surface area contributed by atoms with E-state index in [9.17, 15) is 9.90 Å². The predicted molar refractivity (Wildman–Crippen MR) is 82.3 cm³/mol. The van der Waals surface area contributed by atoms with E-state index in [1.54, 1.807) is 6.92 Å². The summed E-state index contributed by atoms with van der Waals surface area (Å²) in [5, 5.41) is 12.9. The minimum atomic E-state index is -0.571. The first-order valence-electron chi connectivity index (χ1n) is 7.42. The molecule has 2 atom stereocenters. The normalized spacial score (nSPS) is 20.4. The molecule has 0 spiro atoms. The van der Waals surface area contributed by atoms with Gasteiger partial charge in [0.25, 0.3) is 0 Å². The zero-order valence-electron chi connectivity index (χ0n) is 12.9. The van der Waals surface area contributed by atoms with Gasteiger partial charge in [0.1, 0.15) is 6.04 Å². The second-order valence-electron chi connectivity index (χ2n) is 5.68. The van der Waals surface area contributed by atoms with E-state index in [-0.39, 0.29) is 18.0 Å². The van der Waals surface area contributed by atoms with E-state index in [0.29, 0.717) is 19.8 Å². The number of rotatable bonds is 4. The van der Waals surface area contributed by atoms with Gasteiger partial charge >= 0.3 is 0 Å². The standard InChI is InChI=1S/C16H24N2O3/c1-11(2)17-16(20)15-10-21-9-8-18(15)14-7-5-4-6-13(14)12(3)19/h4-7,11-12,15,19H,8-10H2,1-3H3,(H,17,20)/t12-,15?/m1/s1. The first-order valence-corrected chi connectivity index (χ1v) is 7.42. The number of nitrogens with zero attached hydrogens (tertiary/aromatic N) is 1. The second kappa shape index (κ2) is 6.91. The third kappa shape index (κ3) is 3.74. The van der Waals surface area contributed by atoms with Gasteiger partial charge in [-0.05, 0) is 26.8 Å². The smallest absolute Gasteiger partial charge is 0.245 e. The average molecular weight is 292 g/mol. The van der Waals surface area contributed by atoms with Crippen molar-refractivity contribution in [1.29, 1.82) is 0 Å². The Morgan fingerprint density at radius 1 is 1.38 bits per heavy atom. The van der Waals surface area contributed by atoms with Crippen molar-refractivity contribution in [3.05, 3.63) is 29.8 Å². The van der Waals surface area contributed by atoms with Gasteiger partial charge in [-0.15, -0.1) is 0 Å². The molecular formula is C16H24N2O3. The molecule has 2 N–H and O–H groups in total. The summed E-state index contributed by atoms with van der Waals surface area (Å²) in [6, 6.07) is 7.40. The Kier molecular flexibility index (Phi) is 5.20. The van der Waals surface area contributed by atoms with Gasteiger partial charge in [-0.2, -0.15) is 0 Å². The van der Waals surface area contributed by atoms with Crippen LogP contribution in [0.1, 0.15) is 32.4 Å². The molecule has 0 saturated carbocycles. The molecular weight excluding hydrogens is 268 g/mol. The number of hydrogen-bond donors (Lipinski definition) is 2. The minimum Gasteiger partial charge on any atom is -0.389 e. The highest BCUT2D eigenvalue weighted by molar-refractivity contribution is 5.86. The molecule has 0 radical (unpaired) electrons. The molecule has 1 heterocycles. The van der Waals surface area contributed by atoms with E-state index >= 15 is 0 Å². The van der Waals surface area contributed by atoms with Gasteiger partial charge in [-0.25, -0.2) is 0 Å². The van der Waals surface area contributed by atoms with E-state index in [0.717, 1.165) is 11.3 Å². The molecule has 1 aromatic rings. The third-order valence-corrected chi connectivity index (χ3v) is 3.56. The maximum Gasteiger partial charge on any atom is 0.245 e. The van der Waals surface area contributed by atoms with Gasteiger partial charge in [0.05, 0.1) is 19.3 Å². The fraction of sp³-hybridized carbons (Fsp3) is 0.562. The summed E-state index contributed by atoms with van der Waals surface area (Å²) in [7, 11) is 0. The fourth-order valence-corrected chi connectivity index (χ4v) is 2.59. The van der Waals surface area contributed by atoms with Crippen molar-refractivity contribution < 1.29 is 14.6 Å². The zero-order chi connectivity index (χ0) is 15.4. The summed E-state index contributed by atoms with van der Waals surface area (Å²) in [4.78, 5) is 14.4. The average Bonchev–Trinajstić information content (AvgIpc) is 2.46. The molecule has 21 heavy (non-hydrogen) atoms. The van der Waals surface area contributed by atoms with Crippen LogP contribution in [0.2, 0.25) is 0 Å². The van der Waals surface area contributed by atoms with Crippen molar-refractivity contribution in [2.75, 3.05) is 24.7 Å². The highest BCUT2D eigenvalue weighted by atomic mass is 16.5. The maximum atomic E-state index is 12.4. The number of aliphatic hydroxyl groups excluding tert-OH is 1. The van der Waals surface area contributed by atoms with E-state index in [1.165, 1.54) is 0 Å². The molecule has 1 fully saturated rings. The topological polar surface area (TPSA) is 61.8 Å². The summed E-state index contributed by atoms with van der Waals surface area (Å²) in [5.41, 5.74) is 1.74. The number of ether oxygens (including phenoxy) is 1. The van der Waals surface area contributed by atoms with Crippen LogP contribution >= 0.6 is 0 Å². The molecule has 2 rings (SSSR count). The Morgan fingerprint density at radius 2 is 2.10 bits per heavy atom. The lowest BCUT2D eigenvalue weighted by Gasteiger charge is -2.38. The number of anilines is 1. The quantitative estimate of drug-likeness (QED) is 0.882. The molecule has 1 amide bonds. The van der Waals surface area contributed by atoms with Gasteiger partial charge in [-0.1, -0.05) is 18.2 Å². The third-order valence-electron chi connectivity index (χ3n) is 3.56. The van der Waals surface area contributed by atoms with E-state index in [1.807, 2.05) is 43.0 Å². The monoisotopic (exact) mass is 292 g/mol. The van der Waals surface area contributed by atoms with Crippen molar-refractivity contribution in [1.82, 2.24) is 5.32 Å². The fourth-order valence-electron chi connectivity index (χ4n) is 2.59.